The lowest BCUT2D eigenvalue weighted by Gasteiger charge is -2.08. The number of ether oxygens (including phenoxy) is 1. The summed E-state index contributed by atoms with van der Waals surface area (Å²) in [5.41, 5.74) is 2.65. The summed E-state index contributed by atoms with van der Waals surface area (Å²) in [6.07, 6.45) is 4.90. The van der Waals surface area contributed by atoms with E-state index in [1.807, 2.05) is 12.1 Å². The molecule has 7 nitrogen and oxygen atoms in total. The number of hydrogen-bond donors (Lipinski definition) is 2. The van der Waals surface area contributed by atoms with Gasteiger partial charge < -0.3 is 15.4 Å². The van der Waals surface area contributed by atoms with Crippen molar-refractivity contribution in [2.24, 2.45) is 0 Å². The number of nitrogens with zero attached hydrogens (tertiary/aromatic N) is 2. The van der Waals surface area contributed by atoms with Crippen molar-refractivity contribution >= 4 is 23.4 Å². The summed E-state index contributed by atoms with van der Waals surface area (Å²) in [4.78, 5) is 32.1. The number of amides is 1. The molecule has 0 fully saturated rings. The molecule has 7 heteroatoms. The van der Waals surface area contributed by atoms with E-state index in [0.29, 0.717) is 30.1 Å². The Labute approximate surface area is 162 Å². The fraction of sp³-hybridized carbons (Fsp3) is 0.143. The minimum Gasteiger partial charge on any atom is -0.462 e. The molecule has 3 rings (SSSR count). The van der Waals surface area contributed by atoms with Crippen LogP contribution in [0.15, 0.2) is 67.1 Å². The third-order valence-electron chi connectivity index (χ3n) is 3.87. The summed E-state index contributed by atoms with van der Waals surface area (Å²) in [6.45, 7) is 2.51. The van der Waals surface area contributed by atoms with Crippen LogP contribution in [0.4, 0.5) is 11.5 Å². The van der Waals surface area contributed by atoms with Crippen LogP contribution >= 0.6 is 0 Å². The lowest BCUT2D eigenvalue weighted by molar-refractivity contribution is 0.0526. The summed E-state index contributed by atoms with van der Waals surface area (Å²) < 4.78 is 4.96. The van der Waals surface area contributed by atoms with Crippen molar-refractivity contribution in [3.8, 4) is 0 Å². The van der Waals surface area contributed by atoms with Gasteiger partial charge in [0.2, 0.25) is 0 Å². The van der Waals surface area contributed by atoms with Gasteiger partial charge in [-0.3, -0.25) is 9.78 Å². The van der Waals surface area contributed by atoms with E-state index in [1.54, 1.807) is 55.7 Å². The third-order valence-corrected chi connectivity index (χ3v) is 3.87. The minimum absolute atomic E-state index is 0.207. The Hall–Kier alpha value is -3.74. The van der Waals surface area contributed by atoms with Crippen LogP contribution in [0, 0.1) is 0 Å². The van der Waals surface area contributed by atoms with Crippen LogP contribution in [0.2, 0.25) is 0 Å². The quantitative estimate of drug-likeness (QED) is 0.615. The maximum atomic E-state index is 12.2. The van der Waals surface area contributed by atoms with Crippen molar-refractivity contribution in [3.05, 3.63) is 83.8 Å². The second-order valence-corrected chi connectivity index (χ2v) is 5.90. The fourth-order valence-electron chi connectivity index (χ4n) is 2.44. The van der Waals surface area contributed by atoms with Crippen molar-refractivity contribution < 1.29 is 14.3 Å². The summed E-state index contributed by atoms with van der Waals surface area (Å²) in [5.74, 6) is 0.0308. The van der Waals surface area contributed by atoms with E-state index in [2.05, 4.69) is 20.6 Å². The first kappa shape index (κ1) is 19.0. The number of nitrogens with one attached hydrogen (secondary N) is 2. The highest BCUT2D eigenvalue weighted by Gasteiger charge is 2.08. The van der Waals surface area contributed by atoms with Gasteiger partial charge in [0, 0.05) is 30.8 Å². The van der Waals surface area contributed by atoms with Crippen LogP contribution in [0.3, 0.4) is 0 Å². The number of rotatable bonds is 7. The summed E-state index contributed by atoms with van der Waals surface area (Å²) in [5, 5.41) is 5.95. The van der Waals surface area contributed by atoms with E-state index in [1.165, 1.54) is 6.20 Å². The highest BCUT2D eigenvalue weighted by molar-refractivity contribution is 5.94. The summed E-state index contributed by atoms with van der Waals surface area (Å²) in [6, 6.07) is 14.0. The molecule has 3 aromatic rings. The van der Waals surface area contributed by atoms with Gasteiger partial charge in [-0.2, -0.15) is 0 Å². The second kappa shape index (κ2) is 9.27. The van der Waals surface area contributed by atoms with Crippen LogP contribution in [0.1, 0.15) is 33.2 Å². The van der Waals surface area contributed by atoms with Crippen LogP contribution in [-0.4, -0.2) is 28.5 Å². The minimum atomic E-state index is -0.353. The average Bonchev–Trinajstić information content (AvgIpc) is 2.74. The first-order valence-electron chi connectivity index (χ1n) is 8.83. The van der Waals surface area contributed by atoms with E-state index in [0.717, 1.165) is 11.3 Å². The van der Waals surface area contributed by atoms with Crippen LogP contribution in [0.5, 0.6) is 0 Å². The molecule has 0 atom stereocenters. The molecule has 0 bridgehead atoms. The molecule has 142 valence electrons. The van der Waals surface area contributed by atoms with Gasteiger partial charge in [-0.1, -0.05) is 6.07 Å². The van der Waals surface area contributed by atoms with Crippen molar-refractivity contribution in [2.75, 3.05) is 11.9 Å². The van der Waals surface area contributed by atoms with Gasteiger partial charge in [-0.05, 0) is 55.0 Å². The predicted molar refractivity (Wildman–Crippen MR) is 105 cm³/mol. The molecule has 0 radical (unpaired) electrons. The highest BCUT2D eigenvalue weighted by atomic mass is 16.5. The molecule has 0 unspecified atom stereocenters. The van der Waals surface area contributed by atoms with Gasteiger partial charge in [0.1, 0.15) is 5.82 Å². The van der Waals surface area contributed by atoms with Gasteiger partial charge in [-0.25, -0.2) is 9.78 Å². The topological polar surface area (TPSA) is 93.2 Å². The number of carbonyl (C=O) groups excluding carboxylic acids is 2. The molecule has 1 amide bonds. The second-order valence-electron chi connectivity index (χ2n) is 5.90. The van der Waals surface area contributed by atoms with Crippen molar-refractivity contribution in [1.29, 1.82) is 0 Å². The molecule has 0 aliphatic heterocycles. The number of esters is 1. The third kappa shape index (κ3) is 5.14. The zero-order valence-electron chi connectivity index (χ0n) is 15.4. The van der Waals surface area contributed by atoms with Gasteiger partial charge in [0.25, 0.3) is 5.91 Å². The number of carbonyl (C=O) groups is 2. The van der Waals surface area contributed by atoms with E-state index >= 15 is 0 Å². The lowest BCUT2D eigenvalue weighted by Crippen LogP contribution is -2.22. The Balaban J connectivity index is 1.56. The number of aromatic nitrogens is 2. The van der Waals surface area contributed by atoms with Gasteiger partial charge >= 0.3 is 5.97 Å². The molecular weight excluding hydrogens is 356 g/mol. The van der Waals surface area contributed by atoms with Crippen molar-refractivity contribution in [3.63, 3.8) is 0 Å². The fourth-order valence-corrected chi connectivity index (χ4v) is 2.44. The van der Waals surface area contributed by atoms with Crippen LogP contribution in [0.25, 0.3) is 0 Å². The molecular formula is C21H20N4O3. The smallest absolute Gasteiger partial charge is 0.338 e. The van der Waals surface area contributed by atoms with Crippen molar-refractivity contribution in [1.82, 2.24) is 15.3 Å². The Bertz CT molecular complexity index is 926. The van der Waals surface area contributed by atoms with Gasteiger partial charge in [0.15, 0.2) is 0 Å². The monoisotopic (exact) mass is 376 g/mol. The number of pyridine rings is 2. The molecule has 0 saturated carbocycles. The first-order valence-corrected chi connectivity index (χ1v) is 8.83. The van der Waals surface area contributed by atoms with Gasteiger partial charge in [-0.15, -0.1) is 0 Å². The molecule has 0 saturated heterocycles. The normalized spacial score (nSPS) is 10.2. The molecule has 2 aromatic heterocycles. The van der Waals surface area contributed by atoms with E-state index in [9.17, 15) is 9.59 Å². The SMILES string of the molecule is CCOC(=O)c1ccc(Nc2ccc(C(=O)NCc3cccnc3)cn2)cc1. The number of benzene rings is 1. The molecule has 0 spiro atoms. The zero-order valence-corrected chi connectivity index (χ0v) is 15.4. The standard InChI is InChI=1S/C21H20N4O3/c1-2-28-21(27)16-5-8-18(9-6-16)25-19-10-7-17(14-23-19)20(26)24-13-15-4-3-11-22-12-15/h3-12,14H,2,13H2,1H3,(H,23,25)(H,24,26). The Morgan fingerprint density at radius 2 is 1.79 bits per heavy atom. The average molecular weight is 376 g/mol. The molecule has 2 N–H and O–H groups in total. The first-order chi connectivity index (χ1) is 13.7. The van der Waals surface area contributed by atoms with E-state index in [-0.39, 0.29) is 11.9 Å². The Morgan fingerprint density at radius 1 is 1.00 bits per heavy atom. The summed E-state index contributed by atoms with van der Waals surface area (Å²) >= 11 is 0. The highest BCUT2D eigenvalue weighted by Crippen LogP contribution is 2.16. The largest absolute Gasteiger partial charge is 0.462 e. The van der Waals surface area contributed by atoms with Crippen molar-refractivity contribution in [2.45, 2.75) is 13.5 Å². The lowest BCUT2D eigenvalue weighted by atomic mass is 10.2. The maximum Gasteiger partial charge on any atom is 0.338 e. The summed E-state index contributed by atoms with van der Waals surface area (Å²) in [7, 11) is 0. The van der Waals surface area contributed by atoms with E-state index in [4.69, 9.17) is 4.74 Å². The van der Waals surface area contributed by atoms with Gasteiger partial charge in [0.05, 0.1) is 17.7 Å². The maximum absolute atomic E-state index is 12.2. The predicted octanol–water partition coefficient (Wildman–Crippen LogP) is 3.33. The molecule has 1 aromatic carbocycles. The Morgan fingerprint density at radius 3 is 2.43 bits per heavy atom. The number of hydrogen-bond acceptors (Lipinski definition) is 6. The number of anilines is 2. The van der Waals surface area contributed by atoms with Crippen LogP contribution in [-0.2, 0) is 11.3 Å². The molecule has 28 heavy (non-hydrogen) atoms. The Kier molecular flexibility index (Phi) is 6.30. The van der Waals surface area contributed by atoms with Crippen LogP contribution < -0.4 is 10.6 Å². The zero-order chi connectivity index (χ0) is 19.8. The van der Waals surface area contributed by atoms with E-state index < -0.39 is 0 Å². The molecule has 0 aliphatic rings. The molecule has 0 aliphatic carbocycles. The molecule has 2 heterocycles.